The zero-order valence-electron chi connectivity index (χ0n) is 16.9. The Balaban J connectivity index is 2.14. The van der Waals surface area contributed by atoms with E-state index in [-0.39, 0.29) is 30.8 Å². The molecule has 2 unspecified atom stereocenters. The van der Waals surface area contributed by atoms with E-state index in [1.165, 1.54) is 16.8 Å². The highest BCUT2D eigenvalue weighted by molar-refractivity contribution is 7.46. The van der Waals surface area contributed by atoms with Crippen LogP contribution in [0.15, 0.2) is 17.3 Å². The van der Waals surface area contributed by atoms with E-state index in [0.717, 1.165) is 0 Å². The van der Waals surface area contributed by atoms with Crippen molar-refractivity contribution in [3.8, 4) is 0 Å². The van der Waals surface area contributed by atoms with Crippen LogP contribution in [0.1, 0.15) is 31.9 Å². The molecule has 0 radical (unpaired) electrons. The maximum Gasteiger partial charge on any atom is 0.469 e. The highest BCUT2D eigenvalue weighted by Gasteiger charge is 2.41. The first-order valence-electron chi connectivity index (χ1n) is 9.55. The smallest absolute Gasteiger partial charge is 0.469 e. The van der Waals surface area contributed by atoms with Crippen LogP contribution in [0.4, 0.5) is 5.82 Å². The van der Waals surface area contributed by atoms with Gasteiger partial charge < -0.3 is 40.5 Å². The number of aliphatic carboxylic acids is 1. The third-order valence-electron chi connectivity index (χ3n) is 4.49. The van der Waals surface area contributed by atoms with Gasteiger partial charge in [-0.25, -0.2) is 4.57 Å². The number of nitrogens with two attached hydrogens (primary N) is 2. The maximum absolute atomic E-state index is 11.3. The molecule has 0 amide bonds. The molecule has 0 spiro atoms. The number of unbranched alkanes of at least 4 members (excludes halogenated alkanes) is 1. The van der Waals surface area contributed by atoms with E-state index in [1.807, 2.05) is 0 Å². The van der Waals surface area contributed by atoms with Gasteiger partial charge in [-0.1, -0.05) is 0 Å². The van der Waals surface area contributed by atoms with Crippen molar-refractivity contribution in [1.29, 1.82) is 0 Å². The summed E-state index contributed by atoms with van der Waals surface area (Å²) in [6.07, 6.45) is -0.143. The lowest BCUT2D eigenvalue weighted by molar-refractivity contribution is -0.138. The molecule has 17 heteroatoms. The Hall–Kier alpha value is -1.67. The van der Waals surface area contributed by atoms with Crippen LogP contribution in [-0.2, 0) is 27.7 Å². The predicted octanol–water partition coefficient (Wildman–Crippen LogP) is -0.888. The largest absolute Gasteiger partial charge is 0.480 e. The number of ether oxygens (including phenoxy) is 1. The van der Waals surface area contributed by atoms with E-state index in [1.54, 1.807) is 0 Å². The van der Waals surface area contributed by atoms with Crippen LogP contribution < -0.4 is 17.1 Å². The highest BCUT2D eigenvalue weighted by atomic mass is 31.2. The zero-order chi connectivity index (χ0) is 23.9. The third-order valence-corrected chi connectivity index (χ3v) is 5.45. The van der Waals surface area contributed by atoms with Crippen LogP contribution in [0, 0.1) is 0 Å². The Kier molecular flexibility index (Phi) is 9.95. The number of anilines is 1. The topological polar surface area (TPSA) is 242 Å². The molecule has 0 bridgehead atoms. The van der Waals surface area contributed by atoms with Crippen molar-refractivity contribution >= 4 is 27.9 Å². The van der Waals surface area contributed by atoms with Crippen molar-refractivity contribution in [3.63, 3.8) is 0 Å². The highest BCUT2D eigenvalue weighted by Crippen LogP contribution is 2.43. The van der Waals surface area contributed by atoms with Crippen LogP contribution in [-0.4, -0.2) is 66.7 Å². The van der Waals surface area contributed by atoms with Gasteiger partial charge in [0, 0.05) is 19.2 Å². The van der Waals surface area contributed by atoms with Crippen LogP contribution in [0.3, 0.4) is 0 Å². The van der Waals surface area contributed by atoms with Gasteiger partial charge in [-0.2, -0.15) is 4.98 Å². The number of aromatic nitrogens is 2. The first-order valence-corrected chi connectivity index (χ1v) is 12.3. The molecular formula is C15H27N5O10P2. The quantitative estimate of drug-likeness (QED) is 0.151. The zero-order valence-corrected chi connectivity index (χ0v) is 18.8. The molecule has 1 fully saturated rings. The molecule has 5 atom stereocenters. The minimum atomic E-state index is -4.87. The summed E-state index contributed by atoms with van der Waals surface area (Å²) in [5.74, 6) is -0.902. The van der Waals surface area contributed by atoms with Gasteiger partial charge in [0.25, 0.3) is 0 Å². The molecule has 15 nitrogen and oxygen atoms in total. The average Bonchev–Trinajstić information content (AvgIpc) is 3.06. The number of hydrogen-bond donors (Lipinski definition) is 6. The summed E-state index contributed by atoms with van der Waals surface area (Å²) in [6.45, 7) is -0.133. The fourth-order valence-corrected chi connectivity index (χ4v) is 3.90. The van der Waals surface area contributed by atoms with E-state index in [0.29, 0.717) is 12.8 Å². The average molecular weight is 499 g/mol. The minimum Gasteiger partial charge on any atom is -0.480 e. The van der Waals surface area contributed by atoms with Gasteiger partial charge >= 0.3 is 22.0 Å². The third kappa shape index (κ3) is 8.70. The molecule has 1 aromatic heterocycles. The molecule has 2 rings (SSSR count). The van der Waals surface area contributed by atoms with Crippen molar-refractivity contribution < 1.29 is 47.5 Å². The molecule has 32 heavy (non-hydrogen) atoms. The molecule has 1 saturated heterocycles. The Morgan fingerprint density at radius 2 is 2.19 bits per heavy atom. The molecule has 0 aliphatic carbocycles. The van der Waals surface area contributed by atoms with E-state index >= 15 is 0 Å². The Morgan fingerprint density at radius 1 is 1.47 bits per heavy atom. The lowest BCUT2D eigenvalue weighted by Gasteiger charge is -2.18. The lowest BCUT2D eigenvalue weighted by atomic mass is 10.1. The lowest BCUT2D eigenvalue weighted by Crippen LogP contribution is -2.30. The van der Waals surface area contributed by atoms with Gasteiger partial charge in [0.05, 0.1) is 6.61 Å². The Bertz CT molecular complexity index is 922. The van der Waals surface area contributed by atoms with Crippen molar-refractivity contribution in [2.24, 2.45) is 10.7 Å². The molecular weight excluding hydrogens is 472 g/mol. The van der Waals surface area contributed by atoms with Crippen LogP contribution in [0.25, 0.3) is 0 Å². The van der Waals surface area contributed by atoms with Crippen molar-refractivity contribution in [2.45, 2.75) is 50.2 Å². The minimum absolute atomic E-state index is 0.0300. The summed E-state index contributed by atoms with van der Waals surface area (Å²) >= 11 is 0. The number of carboxylic acids is 1. The van der Waals surface area contributed by atoms with Crippen LogP contribution in [0.5, 0.6) is 0 Å². The number of carbonyl (C=O) groups is 1. The standard InChI is InChI=1S/C15H27N5O10P2/c16-9(14(21)22)3-1-2-5-18-15-19-12(17)4-6-20(15)13-7-10(30-32(25,26)27)11(29-13)8-28-31(23)24/h4,6,9-11,13,31H,1-3,5,7-8,16H2,(H,21,22)(H,23,24)(H2,17,18,19)(H2,25,26,27)/t9-,10?,11+,13+/m0/s1. The summed E-state index contributed by atoms with van der Waals surface area (Å²) in [4.78, 5) is 46.4. The second-order valence-electron chi connectivity index (χ2n) is 6.96. The Morgan fingerprint density at radius 3 is 2.81 bits per heavy atom. The maximum atomic E-state index is 11.3. The van der Waals surface area contributed by atoms with E-state index in [2.05, 4.69) is 14.5 Å². The van der Waals surface area contributed by atoms with Crippen molar-refractivity contribution in [2.75, 3.05) is 18.9 Å². The molecule has 1 aromatic rings. The van der Waals surface area contributed by atoms with E-state index in [9.17, 15) is 13.9 Å². The molecule has 1 aliphatic heterocycles. The van der Waals surface area contributed by atoms with Gasteiger partial charge in [-0.15, -0.1) is 0 Å². The first kappa shape index (κ1) is 26.6. The molecule has 182 valence electrons. The second-order valence-corrected chi connectivity index (χ2v) is 8.97. The van der Waals surface area contributed by atoms with Gasteiger partial charge in [-0.3, -0.25) is 23.4 Å². The van der Waals surface area contributed by atoms with Crippen LogP contribution in [0.2, 0.25) is 0 Å². The van der Waals surface area contributed by atoms with Gasteiger partial charge in [0.15, 0.2) is 0 Å². The molecule has 1 aliphatic rings. The molecule has 2 heterocycles. The molecule has 0 saturated carbocycles. The second kappa shape index (κ2) is 12.0. The number of phosphoric acid groups is 1. The van der Waals surface area contributed by atoms with E-state index in [4.69, 9.17) is 40.5 Å². The summed E-state index contributed by atoms with van der Waals surface area (Å²) in [6, 6.07) is 0.529. The predicted molar refractivity (Wildman–Crippen MR) is 109 cm³/mol. The fourth-order valence-electron chi connectivity index (χ4n) is 3.02. The number of nitrogen functional groups attached to an aromatic ring is 1. The van der Waals surface area contributed by atoms with Crippen LogP contribution >= 0.6 is 16.1 Å². The number of nitrogens with zero attached hydrogens (tertiary/aromatic N) is 3. The van der Waals surface area contributed by atoms with Gasteiger partial charge in [-0.05, 0) is 25.3 Å². The summed E-state index contributed by atoms with van der Waals surface area (Å²) in [5, 5.41) is 8.80. The summed E-state index contributed by atoms with van der Waals surface area (Å²) < 4.78 is 38.8. The molecule has 0 aromatic carbocycles. The van der Waals surface area contributed by atoms with Crippen molar-refractivity contribution in [1.82, 2.24) is 9.55 Å². The number of rotatable bonds is 12. The van der Waals surface area contributed by atoms with Gasteiger partial charge in [0.1, 0.15) is 30.3 Å². The first-order chi connectivity index (χ1) is 15.0. The number of phosphoric ester groups is 1. The summed E-state index contributed by atoms with van der Waals surface area (Å²) in [7, 11) is -8.16. The molecule has 8 N–H and O–H groups in total. The fraction of sp³-hybridized carbons (Fsp3) is 0.667. The number of hydrogen-bond acceptors (Lipinski definition) is 10. The van der Waals surface area contributed by atoms with E-state index < -0.39 is 53.1 Å². The SMILES string of the molecule is Nc1ccn([C@H]2CC(OP(=O)(O)O)[C@@H](CO[PH](=O)O)O2)/c(=N/CCCC[C@H](N)C(=O)O)n1. The van der Waals surface area contributed by atoms with Crippen molar-refractivity contribution in [3.05, 3.63) is 17.9 Å². The van der Waals surface area contributed by atoms with Gasteiger partial charge in [0.2, 0.25) is 5.62 Å². The normalized spacial score (nSPS) is 23.9. The number of carboxylic acid groups (broad SMARTS) is 1. The summed E-state index contributed by atoms with van der Waals surface area (Å²) in [5.41, 5.74) is 11.4. The monoisotopic (exact) mass is 499 g/mol. The Labute approximate surface area is 183 Å².